The molecule has 0 bridgehead atoms. The van der Waals surface area contributed by atoms with Gasteiger partial charge in [0.25, 0.3) is 0 Å². The lowest BCUT2D eigenvalue weighted by molar-refractivity contribution is 0.381. The second-order valence-electron chi connectivity index (χ2n) is 8.88. The van der Waals surface area contributed by atoms with Crippen LogP contribution >= 0.6 is 11.8 Å². The summed E-state index contributed by atoms with van der Waals surface area (Å²) in [6.45, 7) is 26.1. The van der Waals surface area contributed by atoms with Crippen molar-refractivity contribution in [1.82, 2.24) is 0 Å². The zero-order valence-electron chi connectivity index (χ0n) is 16.7. The Morgan fingerprint density at radius 3 is 1.96 bits per heavy atom. The van der Waals surface area contributed by atoms with Crippen molar-refractivity contribution in [2.24, 2.45) is 0 Å². The molecule has 0 unspecified atom stereocenters. The van der Waals surface area contributed by atoms with E-state index in [-0.39, 0.29) is 15.7 Å². The summed E-state index contributed by atoms with van der Waals surface area (Å²) in [5, 5.41) is 0.236. The molecule has 1 nitrogen and oxygen atoms in total. The molecule has 0 radical (unpaired) electrons. The molecular weight excluding hydrogens is 328 g/mol. The topological polar surface area (TPSA) is 9.23 Å². The highest BCUT2D eigenvalue weighted by Crippen LogP contribution is 2.40. The maximum absolute atomic E-state index is 6.36. The van der Waals surface area contributed by atoms with Gasteiger partial charge in [-0.05, 0) is 41.2 Å². The van der Waals surface area contributed by atoms with Crippen molar-refractivity contribution in [3.63, 3.8) is 0 Å². The van der Waals surface area contributed by atoms with Crippen LogP contribution in [0.5, 0.6) is 0 Å². The molecule has 0 heterocycles. The molecule has 24 heavy (non-hydrogen) atoms. The standard InChI is InChI=1S/C21H34OSSi/c1-11-19(16(2)22-24(9,10)21(6,7)8)23-18-14-12-17(13-15-18)20(3,4)5/h11-15,19H,1-2H2,3-10H3/t19-/m1/s1. The van der Waals surface area contributed by atoms with E-state index in [1.54, 1.807) is 11.8 Å². The third-order valence-corrected chi connectivity index (χ3v) is 10.3. The van der Waals surface area contributed by atoms with Crippen molar-refractivity contribution in [3.8, 4) is 0 Å². The molecule has 0 amide bonds. The number of hydrogen-bond acceptors (Lipinski definition) is 2. The van der Waals surface area contributed by atoms with Gasteiger partial charge in [0.15, 0.2) is 0 Å². The molecular formula is C21H34OSSi. The smallest absolute Gasteiger partial charge is 0.250 e. The zero-order chi connectivity index (χ0) is 18.8. The molecule has 1 atom stereocenters. The van der Waals surface area contributed by atoms with Crippen LogP contribution in [-0.2, 0) is 9.84 Å². The van der Waals surface area contributed by atoms with Crippen LogP contribution in [0.1, 0.15) is 47.1 Å². The van der Waals surface area contributed by atoms with Crippen LogP contribution in [0.3, 0.4) is 0 Å². The minimum Gasteiger partial charge on any atom is -0.546 e. The molecule has 1 aromatic carbocycles. The highest BCUT2D eigenvalue weighted by atomic mass is 32.2. The van der Waals surface area contributed by atoms with Crippen molar-refractivity contribution in [2.75, 3.05) is 0 Å². The van der Waals surface area contributed by atoms with Gasteiger partial charge in [0.05, 0.1) is 11.0 Å². The fourth-order valence-corrected chi connectivity index (χ4v) is 4.00. The lowest BCUT2D eigenvalue weighted by Gasteiger charge is -2.38. The highest BCUT2D eigenvalue weighted by Gasteiger charge is 2.39. The van der Waals surface area contributed by atoms with Crippen LogP contribution in [0.25, 0.3) is 0 Å². The van der Waals surface area contributed by atoms with Crippen LogP contribution in [0.2, 0.25) is 18.1 Å². The van der Waals surface area contributed by atoms with Gasteiger partial charge in [-0.1, -0.05) is 66.3 Å². The molecule has 0 spiro atoms. The van der Waals surface area contributed by atoms with Crippen molar-refractivity contribution < 1.29 is 4.43 Å². The van der Waals surface area contributed by atoms with E-state index in [4.69, 9.17) is 4.43 Å². The van der Waals surface area contributed by atoms with Gasteiger partial charge in [-0.15, -0.1) is 18.3 Å². The van der Waals surface area contributed by atoms with Crippen LogP contribution in [0.4, 0.5) is 0 Å². The SMILES string of the molecule is C=C[C@@H](Sc1ccc(C(C)(C)C)cc1)C(=C)O[Si](C)(C)C(C)(C)C. The Balaban J connectivity index is 2.84. The monoisotopic (exact) mass is 362 g/mol. The molecule has 0 saturated heterocycles. The number of benzene rings is 1. The predicted octanol–water partition coefficient (Wildman–Crippen LogP) is 7.17. The molecule has 0 aliphatic carbocycles. The van der Waals surface area contributed by atoms with E-state index in [0.717, 1.165) is 5.76 Å². The lowest BCUT2D eigenvalue weighted by atomic mass is 9.87. The second kappa shape index (κ2) is 7.53. The summed E-state index contributed by atoms with van der Waals surface area (Å²) < 4.78 is 6.36. The third kappa shape index (κ3) is 5.56. The molecule has 1 aromatic rings. The second-order valence-corrected chi connectivity index (χ2v) is 14.8. The van der Waals surface area contributed by atoms with E-state index in [0.29, 0.717) is 0 Å². The first-order valence-electron chi connectivity index (χ1n) is 8.55. The number of rotatable bonds is 6. The Hall–Kier alpha value is -0.933. The van der Waals surface area contributed by atoms with Gasteiger partial charge in [-0.3, -0.25) is 0 Å². The summed E-state index contributed by atoms with van der Waals surface area (Å²) in [5.74, 6) is 0.821. The number of thioether (sulfide) groups is 1. The Labute approximate surface area is 154 Å². The third-order valence-electron chi connectivity index (χ3n) is 4.71. The van der Waals surface area contributed by atoms with E-state index in [1.807, 2.05) is 6.08 Å². The lowest BCUT2D eigenvalue weighted by Crippen LogP contribution is -2.41. The van der Waals surface area contributed by atoms with Gasteiger partial charge < -0.3 is 4.43 Å². The molecule has 0 aliphatic rings. The minimum absolute atomic E-state index is 0.0691. The van der Waals surface area contributed by atoms with Gasteiger partial charge in [-0.25, -0.2) is 0 Å². The summed E-state index contributed by atoms with van der Waals surface area (Å²) in [6.07, 6.45) is 1.93. The molecule has 0 N–H and O–H groups in total. The van der Waals surface area contributed by atoms with E-state index in [1.165, 1.54) is 10.5 Å². The van der Waals surface area contributed by atoms with Crippen molar-refractivity contribution in [2.45, 2.75) is 75.2 Å². The molecule has 0 aromatic heterocycles. The van der Waals surface area contributed by atoms with E-state index in [2.05, 4.69) is 92.1 Å². The summed E-state index contributed by atoms with van der Waals surface area (Å²) in [7, 11) is -1.86. The van der Waals surface area contributed by atoms with Gasteiger partial charge in [0.2, 0.25) is 8.32 Å². The van der Waals surface area contributed by atoms with Gasteiger partial charge in [-0.2, -0.15) is 0 Å². The quantitative estimate of drug-likeness (QED) is 0.230. The van der Waals surface area contributed by atoms with Crippen LogP contribution < -0.4 is 0 Å². The Kier molecular flexibility index (Phi) is 6.62. The largest absolute Gasteiger partial charge is 0.546 e. The van der Waals surface area contributed by atoms with E-state index in [9.17, 15) is 0 Å². The van der Waals surface area contributed by atoms with Crippen molar-refractivity contribution in [1.29, 1.82) is 0 Å². The fraction of sp³-hybridized carbons (Fsp3) is 0.524. The summed E-state index contributed by atoms with van der Waals surface area (Å²) in [5.41, 5.74) is 1.52. The molecule has 3 heteroatoms. The Bertz CT molecular complexity index is 573. The molecule has 1 rings (SSSR count). The van der Waals surface area contributed by atoms with Gasteiger partial charge in [0, 0.05) is 4.90 Å². The normalized spacial score (nSPS) is 14.2. The molecule has 0 aliphatic heterocycles. The minimum atomic E-state index is -1.86. The van der Waals surface area contributed by atoms with Crippen molar-refractivity contribution >= 4 is 20.1 Å². The molecule has 0 fully saturated rings. The summed E-state index contributed by atoms with van der Waals surface area (Å²) >= 11 is 1.75. The average molecular weight is 363 g/mol. The first-order valence-corrected chi connectivity index (χ1v) is 12.3. The summed E-state index contributed by atoms with van der Waals surface area (Å²) in [4.78, 5) is 1.22. The van der Waals surface area contributed by atoms with Gasteiger partial charge >= 0.3 is 0 Å². The Morgan fingerprint density at radius 2 is 1.58 bits per heavy atom. The maximum atomic E-state index is 6.36. The first-order chi connectivity index (χ1) is 10.8. The fourth-order valence-electron chi connectivity index (χ4n) is 1.96. The van der Waals surface area contributed by atoms with Crippen LogP contribution in [-0.4, -0.2) is 13.6 Å². The maximum Gasteiger partial charge on any atom is 0.250 e. The highest BCUT2D eigenvalue weighted by molar-refractivity contribution is 8.00. The summed E-state index contributed by atoms with van der Waals surface area (Å²) in [6, 6.07) is 8.78. The van der Waals surface area contributed by atoms with Gasteiger partial charge in [0.1, 0.15) is 0 Å². The zero-order valence-corrected chi connectivity index (χ0v) is 18.5. The van der Waals surface area contributed by atoms with Crippen LogP contribution in [0.15, 0.2) is 54.2 Å². The van der Waals surface area contributed by atoms with E-state index < -0.39 is 8.32 Å². The van der Waals surface area contributed by atoms with Crippen molar-refractivity contribution in [3.05, 3.63) is 54.8 Å². The Morgan fingerprint density at radius 1 is 1.08 bits per heavy atom. The average Bonchev–Trinajstić information content (AvgIpc) is 2.42. The predicted molar refractivity (Wildman–Crippen MR) is 112 cm³/mol. The van der Waals surface area contributed by atoms with Crippen LogP contribution in [0, 0.1) is 0 Å². The molecule has 134 valence electrons. The molecule has 0 saturated carbocycles. The number of hydrogen-bond donors (Lipinski definition) is 0. The van der Waals surface area contributed by atoms with E-state index >= 15 is 0 Å². The first kappa shape index (κ1) is 21.1.